The lowest BCUT2D eigenvalue weighted by Gasteiger charge is -2.22. The number of aliphatic hydroxyl groups is 5. The molecule has 0 aromatic carbocycles. The van der Waals surface area contributed by atoms with Gasteiger partial charge >= 0.3 is 0 Å². The van der Waals surface area contributed by atoms with E-state index in [1.54, 1.807) is 0 Å². The van der Waals surface area contributed by atoms with Crippen LogP contribution in [0.25, 0.3) is 0 Å². The first-order chi connectivity index (χ1) is 6.63. The number of aliphatic hydroxyl groups excluding tert-OH is 5. The van der Waals surface area contributed by atoms with Crippen molar-refractivity contribution in [2.75, 3.05) is 13.2 Å². The molecule has 0 bridgehead atoms. The van der Waals surface area contributed by atoms with E-state index in [1.807, 2.05) is 0 Å². The third kappa shape index (κ3) is 5.51. The zero-order valence-electron chi connectivity index (χ0n) is 8.21. The maximum Gasteiger partial charge on any atom is 0.106 e. The van der Waals surface area contributed by atoms with Crippen molar-refractivity contribution in [3.63, 3.8) is 0 Å². The summed E-state index contributed by atoms with van der Waals surface area (Å²) in [6.07, 6.45) is -1.93. The topological polar surface area (TPSA) is 101 Å². The molecule has 0 aliphatic carbocycles. The molecule has 0 amide bonds. The summed E-state index contributed by atoms with van der Waals surface area (Å²) in [4.78, 5) is 0. The minimum atomic E-state index is -1.20. The SMILES string of the molecule is OCCCC(O)C(O)C(O)CCCO. The van der Waals surface area contributed by atoms with E-state index >= 15 is 0 Å². The van der Waals surface area contributed by atoms with Crippen LogP contribution < -0.4 is 0 Å². The van der Waals surface area contributed by atoms with Crippen molar-refractivity contribution in [1.82, 2.24) is 0 Å². The second-order valence-corrected chi connectivity index (χ2v) is 3.36. The summed E-state index contributed by atoms with van der Waals surface area (Å²) in [7, 11) is 0. The van der Waals surface area contributed by atoms with Crippen molar-refractivity contribution >= 4 is 0 Å². The molecular weight excluding hydrogens is 188 g/mol. The van der Waals surface area contributed by atoms with Crippen LogP contribution >= 0.6 is 0 Å². The van der Waals surface area contributed by atoms with Crippen molar-refractivity contribution in [1.29, 1.82) is 0 Å². The van der Waals surface area contributed by atoms with Gasteiger partial charge in [0.2, 0.25) is 0 Å². The average Bonchev–Trinajstić information content (AvgIpc) is 2.21. The molecule has 0 spiro atoms. The Balaban J connectivity index is 3.72. The van der Waals surface area contributed by atoms with E-state index < -0.39 is 18.3 Å². The van der Waals surface area contributed by atoms with Gasteiger partial charge in [-0.15, -0.1) is 0 Å². The fraction of sp³-hybridized carbons (Fsp3) is 1.00. The van der Waals surface area contributed by atoms with Gasteiger partial charge < -0.3 is 25.5 Å². The van der Waals surface area contributed by atoms with Crippen LogP contribution in [0, 0.1) is 0 Å². The number of hydrogen-bond donors (Lipinski definition) is 5. The van der Waals surface area contributed by atoms with Gasteiger partial charge in [0, 0.05) is 13.2 Å². The summed E-state index contributed by atoms with van der Waals surface area (Å²) in [6.45, 7) is -0.0902. The van der Waals surface area contributed by atoms with E-state index in [4.69, 9.17) is 10.2 Å². The van der Waals surface area contributed by atoms with Crippen molar-refractivity contribution in [2.24, 2.45) is 0 Å². The van der Waals surface area contributed by atoms with Gasteiger partial charge in [0.1, 0.15) is 6.10 Å². The molecule has 86 valence electrons. The largest absolute Gasteiger partial charge is 0.396 e. The summed E-state index contributed by atoms with van der Waals surface area (Å²) in [5.74, 6) is 0. The molecule has 2 atom stereocenters. The normalized spacial score (nSPS) is 17.8. The highest BCUT2D eigenvalue weighted by molar-refractivity contribution is 4.75. The average molecular weight is 208 g/mol. The zero-order chi connectivity index (χ0) is 11.0. The Bertz CT molecular complexity index is 116. The van der Waals surface area contributed by atoms with Crippen LogP contribution in [0.2, 0.25) is 0 Å². The Hall–Kier alpha value is -0.200. The first-order valence-electron chi connectivity index (χ1n) is 4.89. The monoisotopic (exact) mass is 208 g/mol. The van der Waals surface area contributed by atoms with Gasteiger partial charge in [-0.05, 0) is 25.7 Å². The Kier molecular flexibility index (Phi) is 8.02. The highest BCUT2D eigenvalue weighted by atomic mass is 16.4. The predicted molar refractivity (Wildman–Crippen MR) is 50.7 cm³/mol. The van der Waals surface area contributed by atoms with E-state index in [1.165, 1.54) is 0 Å². The maximum absolute atomic E-state index is 9.38. The van der Waals surface area contributed by atoms with E-state index in [2.05, 4.69) is 0 Å². The van der Waals surface area contributed by atoms with Crippen molar-refractivity contribution in [3.05, 3.63) is 0 Å². The second kappa shape index (κ2) is 8.14. The maximum atomic E-state index is 9.38. The first kappa shape index (κ1) is 13.8. The molecule has 14 heavy (non-hydrogen) atoms. The molecule has 2 unspecified atom stereocenters. The Morgan fingerprint density at radius 3 is 1.36 bits per heavy atom. The first-order valence-corrected chi connectivity index (χ1v) is 4.89. The van der Waals surface area contributed by atoms with E-state index in [0.717, 1.165) is 0 Å². The van der Waals surface area contributed by atoms with Gasteiger partial charge in [-0.25, -0.2) is 0 Å². The molecule has 0 saturated heterocycles. The Morgan fingerprint density at radius 1 is 0.714 bits per heavy atom. The summed E-state index contributed by atoms with van der Waals surface area (Å²) in [6, 6.07) is 0. The van der Waals surface area contributed by atoms with E-state index in [-0.39, 0.29) is 26.1 Å². The Morgan fingerprint density at radius 2 is 1.07 bits per heavy atom. The van der Waals surface area contributed by atoms with Crippen LogP contribution in [0.1, 0.15) is 25.7 Å². The van der Waals surface area contributed by atoms with Crippen LogP contribution in [0.4, 0.5) is 0 Å². The lowest BCUT2D eigenvalue weighted by atomic mass is 10.0. The predicted octanol–water partition coefficient (Wildman–Crippen LogP) is -1.39. The van der Waals surface area contributed by atoms with Gasteiger partial charge in [0.25, 0.3) is 0 Å². The highest BCUT2D eigenvalue weighted by Gasteiger charge is 2.23. The second-order valence-electron chi connectivity index (χ2n) is 3.36. The van der Waals surface area contributed by atoms with Crippen molar-refractivity contribution in [2.45, 2.75) is 44.0 Å². The quantitative estimate of drug-likeness (QED) is 0.338. The molecule has 0 saturated carbocycles. The van der Waals surface area contributed by atoms with Gasteiger partial charge in [-0.1, -0.05) is 0 Å². The van der Waals surface area contributed by atoms with Gasteiger partial charge in [0.15, 0.2) is 0 Å². The molecule has 0 heterocycles. The molecule has 0 aromatic heterocycles. The lowest BCUT2D eigenvalue weighted by molar-refractivity contribution is -0.0668. The third-order valence-corrected chi connectivity index (χ3v) is 2.10. The summed E-state index contributed by atoms with van der Waals surface area (Å²) in [5, 5.41) is 45.0. The zero-order valence-corrected chi connectivity index (χ0v) is 8.21. The summed E-state index contributed by atoms with van der Waals surface area (Å²) >= 11 is 0. The molecule has 5 N–H and O–H groups in total. The van der Waals surface area contributed by atoms with Crippen LogP contribution in [-0.4, -0.2) is 57.1 Å². The molecule has 5 nitrogen and oxygen atoms in total. The minimum absolute atomic E-state index is 0.0451. The standard InChI is InChI=1S/C9H20O5/c10-5-1-3-7(12)9(14)8(13)4-2-6-11/h7-14H,1-6H2. The van der Waals surface area contributed by atoms with Crippen molar-refractivity contribution in [3.8, 4) is 0 Å². The fourth-order valence-corrected chi connectivity index (χ4v) is 1.20. The smallest absolute Gasteiger partial charge is 0.106 e. The molecule has 0 aliphatic rings. The molecule has 0 fully saturated rings. The number of rotatable bonds is 8. The molecule has 0 rings (SSSR count). The van der Waals surface area contributed by atoms with E-state index in [0.29, 0.717) is 12.8 Å². The van der Waals surface area contributed by atoms with Gasteiger partial charge in [0.05, 0.1) is 12.2 Å². The minimum Gasteiger partial charge on any atom is -0.396 e. The Labute approximate surface area is 83.6 Å². The molecule has 5 heteroatoms. The van der Waals surface area contributed by atoms with Crippen LogP contribution in [0.5, 0.6) is 0 Å². The summed E-state index contributed by atoms with van der Waals surface area (Å²) < 4.78 is 0. The number of hydrogen-bond acceptors (Lipinski definition) is 5. The lowest BCUT2D eigenvalue weighted by Crippen LogP contribution is -2.37. The third-order valence-electron chi connectivity index (χ3n) is 2.10. The van der Waals surface area contributed by atoms with E-state index in [9.17, 15) is 15.3 Å². The van der Waals surface area contributed by atoms with Crippen molar-refractivity contribution < 1.29 is 25.5 Å². The highest BCUT2D eigenvalue weighted by Crippen LogP contribution is 2.10. The summed E-state index contributed by atoms with van der Waals surface area (Å²) in [5.41, 5.74) is 0. The molecule has 0 aromatic rings. The molecule has 0 radical (unpaired) electrons. The fourth-order valence-electron chi connectivity index (χ4n) is 1.20. The van der Waals surface area contributed by atoms with Crippen LogP contribution in [0.3, 0.4) is 0 Å². The van der Waals surface area contributed by atoms with Gasteiger partial charge in [-0.2, -0.15) is 0 Å². The van der Waals surface area contributed by atoms with Gasteiger partial charge in [-0.3, -0.25) is 0 Å². The molecule has 0 aliphatic heterocycles. The van der Waals surface area contributed by atoms with Crippen LogP contribution in [-0.2, 0) is 0 Å². The van der Waals surface area contributed by atoms with Crippen LogP contribution in [0.15, 0.2) is 0 Å². The molecular formula is C9H20O5.